The molecule has 24 heavy (non-hydrogen) atoms. The normalized spacial score (nSPS) is 46.4. The molecule has 4 nitrogen and oxygen atoms in total. The molecule has 4 aliphatic carbocycles. The largest absolute Gasteiger partial charge is 0.508 e. The molecule has 7 atom stereocenters. The van der Waals surface area contributed by atoms with Gasteiger partial charge in [0.25, 0.3) is 0 Å². The average molecular weight is 332 g/mol. The summed E-state index contributed by atoms with van der Waals surface area (Å²) in [6, 6.07) is 0. The van der Waals surface area contributed by atoms with E-state index in [9.17, 15) is 9.90 Å². The highest BCUT2D eigenvalue weighted by atomic mass is 16.7. The molecular formula is C20H28O4. The van der Waals surface area contributed by atoms with Crippen molar-refractivity contribution in [1.82, 2.24) is 0 Å². The average Bonchev–Trinajstić information content (AvgIpc) is 2.90. The Morgan fingerprint density at radius 1 is 1.21 bits per heavy atom. The van der Waals surface area contributed by atoms with E-state index in [1.54, 1.807) is 0 Å². The molecule has 1 N–H and O–H groups in total. The minimum Gasteiger partial charge on any atom is -0.438 e. The van der Waals surface area contributed by atoms with Gasteiger partial charge in [0.2, 0.25) is 0 Å². The molecule has 0 spiro atoms. The molecule has 4 rings (SSSR count). The number of hydrogen-bond donors (Lipinski definition) is 1. The number of carbonyl (C=O) groups is 1. The second-order valence-electron chi connectivity index (χ2n) is 8.30. The molecule has 0 radical (unpaired) electrons. The first-order valence-electron chi connectivity index (χ1n) is 9.34. The Morgan fingerprint density at radius 3 is 2.83 bits per heavy atom. The van der Waals surface area contributed by atoms with Gasteiger partial charge in [0.1, 0.15) is 6.10 Å². The predicted molar refractivity (Wildman–Crippen MR) is 90.3 cm³/mol. The van der Waals surface area contributed by atoms with Gasteiger partial charge in [-0.05, 0) is 56.3 Å². The van der Waals surface area contributed by atoms with Crippen LogP contribution < -0.4 is 0 Å². The second kappa shape index (κ2) is 5.91. The summed E-state index contributed by atoms with van der Waals surface area (Å²) >= 11 is 0. The van der Waals surface area contributed by atoms with Gasteiger partial charge >= 0.3 is 6.16 Å². The highest BCUT2D eigenvalue weighted by molar-refractivity contribution is 5.60. The lowest BCUT2D eigenvalue weighted by atomic mass is 9.53. The Kier molecular flexibility index (Phi) is 3.98. The molecule has 0 saturated heterocycles. The number of methoxy groups -OCH3 is 1. The number of ether oxygens (including phenoxy) is 2. The second-order valence-corrected chi connectivity index (χ2v) is 8.30. The van der Waals surface area contributed by atoms with Gasteiger partial charge in [-0.3, -0.25) is 0 Å². The minimum absolute atomic E-state index is 0.00319. The van der Waals surface area contributed by atoms with Gasteiger partial charge in [0.15, 0.2) is 0 Å². The fourth-order valence-electron chi connectivity index (χ4n) is 6.23. The molecule has 4 heteroatoms. The number of aliphatic hydroxyl groups is 1. The molecule has 0 heterocycles. The minimum atomic E-state index is -0.540. The first-order chi connectivity index (χ1) is 11.5. The van der Waals surface area contributed by atoms with Crippen LogP contribution in [0, 0.1) is 29.1 Å². The SMILES string of the molecule is COC(=O)O[C@H]1CC[C@H]2[C@@H]3CCC4=C[C@@H](O)C=CC4[C@H]3CC[C@]12C. The van der Waals surface area contributed by atoms with E-state index >= 15 is 0 Å². The van der Waals surface area contributed by atoms with Gasteiger partial charge in [-0.1, -0.05) is 30.7 Å². The van der Waals surface area contributed by atoms with Gasteiger partial charge in [-0.2, -0.15) is 0 Å². The highest BCUT2D eigenvalue weighted by Gasteiger charge is 2.57. The van der Waals surface area contributed by atoms with Crippen LogP contribution in [0.5, 0.6) is 0 Å². The number of allylic oxidation sites excluding steroid dienone is 2. The lowest BCUT2D eigenvalue weighted by Crippen LogP contribution is -2.48. The van der Waals surface area contributed by atoms with Crippen LogP contribution in [0.3, 0.4) is 0 Å². The van der Waals surface area contributed by atoms with Crippen molar-refractivity contribution in [3.05, 3.63) is 23.8 Å². The van der Waals surface area contributed by atoms with Crippen molar-refractivity contribution in [3.8, 4) is 0 Å². The predicted octanol–water partition coefficient (Wildman–Crippen LogP) is 3.85. The molecule has 0 aliphatic heterocycles. The van der Waals surface area contributed by atoms with E-state index in [1.807, 2.05) is 6.08 Å². The van der Waals surface area contributed by atoms with Crippen molar-refractivity contribution in [3.63, 3.8) is 0 Å². The van der Waals surface area contributed by atoms with Gasteiger partial charge in [0, 0.05) is 11.3 Å². The van der Waals surface area contributed by atoms with E-state index in [1.165, 1.54) is 25.5 Å². The fourth-order valence-corrected chi connectivity index (χ4v) is 6.23. The molecule has 132 valence electrons. The maximum absolute atomic E-state index is 11.6. The summed E-state index contributed by atoms with van der Waals surface area (Å²) in [7, 11) is 1.38. The first-order valence-corrected chi connectivity index (χ1v) is 9.34. The van der Waals surface area contributed by atoms with Crippen LogP contribution in [-0.2, 0) is 9.47 Å². The third-order valence-corrected chi connectivity index (χ3v) is 7.37. The molecule has 0 aromatic heterocycles. The molecule has 0 aromatic rings. The maximum atomic E-state index is 11.6. The van der Waals surface area contributed by atoms with Gasteiger partial charge in [-0.25, -0.2) is 4.79 Å². The highest BCUT2D eigenvalue weighted by Crippen LogP contribution is 2.61. The Bertz CT molecular complexity index is 580. The Balaban J connectivity index is 1.55. The molecule has 0 amide bonds. The van der Waals surface area contributed by atoms with Crippen molar-refractivity contribution in [2.45, 2.75) is 57.7 Å². The summed E-state index contributed by atoms with van der Waals surface area (Å²) in [5, 5.41) is 9.85. The third-order valence-electron chi connectivity index (χ3n) is 7.37. The van der Waals surface area contributed by atoms with Crippen LogP contribution >= 0.6 is 0 Å². The van der Waals surface area contributed by atoms with E-state index in [0.29, 0.717) is 23.7 Å². The smallest absolute Gasteiger partial charge is 0.438 e. The summed E-state index contributed by atoms with van der Waals surface area (Å²) in [5.41, 5.74) is 1.53. The van der Waals surface area contributed by atoms with E-state index < -0.39 is 12.3 Å². The van der Waals surface area contributed by atoms with Gasteiger partial charge in [-0.15, -0.1) is 0 Å². The summed E-state index contributed by atoms with van der Waals surface area (Å²) in [4.78, 5) is 11.6. The van der Waals surface area contributed by atoms with E-state index in [-0.39, 0.29) is 11.5 Å². The Morgan fingerprint density at radius 2 is 2.04 bits per heavy atom. The summed E-state index contributed by atoms with van der Waals surface area (Å²) in [6.45, 7) is 2.32. The van der Waals surface area contributed by atoms with Crippen LogP contribution in [0.15, 0.2) is 23.8 Å². The molecule has 1 unspecified atom stereocenters. The summed E-state index contributed by atoms with van der Waals surface area (Å²) in [6.07, 6.45) is 12.0. The fraction of sp³-hybridized carbons (Fsp3) is 0.750. The molecule has 4 aliphatic rings. The molecule has 3 saturated carbocycles. The maximum Gasteiger partial charge on any atom is 0.508 e. The van der Waals surface area contributed by atoms with Gasteiger partial charge < -0.3 is 14.6 Å². The summed E-state index contributed by atoms with van der Waals surface area (Å²) < 4.78 is 10.3. The number of hydrogen-bond acceptors (Lipinski definition) is 4. The van der Waals surface area contributed by atoms with Gasteiger partial charge in [0.05, 0.1) is 13.2 Å². The number of aliphatic hydroxyl groups excluding tert-OH is 1. The van der Waals surface area contributed by atoms with Crippen molar-refractivity contribution in [2.24, 2.45) is 29.1 Å². The van der Waals surface area contributed by atoms with Crippen molar-refractivity contribution in [1.29, 1.82) is 0 Å². The number of carbonyl (C=O) groups excluding carboxylic acids is 1. The van der Waals surface area contributed by atoms with Crippen LogP contribution in [0.25, 0.3) is 0 Å². The van der Waals surface area contributed by atoms with Crippen LogP contribution in [0.4, 0.5) is 4.79 Å². The zero-order valence-electron chi connectivity index (χ0n) is 14.6. The molecule has 0 aromatic carbocycles. The Labute approximate surface area is 143 Å². The monoisotopic (exact) mass is 332 g/mol. The third kappa shape index (κ3) is 2.42. The Hall–Kier alpha value is -1.29. The standard InChI is InChI=1S/C20H28O4/c1-20-10-9-15-14-6-4-13(21)11-12(14)3-5-16(15)17(20)7-8-18(20)24-19(22)23-2/h4,6,11,13-18,21H,3,5,7-10H2,1-2H3/t13-,14?,15+,16+,17-,18-,20-/m0/s1. The first kappa shape index (κ1) is 16.2. The quantitative estimate of drug-likeness (QED) is 0.585. The van der Waals surface area contributed by atoms with Crippen molar-refractivity contribution in [2.75, 3.05) is 7.11 Å². The number of rotatable bonds is 1. The van der Waals surface area contributed by atoms with Crippen LogP contribution in [-0.4, -0.2) is 30.6 Å². The zero-order valence-corrected chi connectivity index (χ0v) is 14.6. The number of fused-ring (bicyclic) bond motifs is 5. The zero-order chi connectivity index (χ0) is 16.9. The lowest BCUT2D eigenvalue weighted by molar-refractivity contribution is -0.0660. The summed E-state index contributed by atoms with van der Waals surface area (Å²) in [5.74, 6) is 2.53. The van der Waals surface area contributed by atoms with E-state index in [0.717, 1.165) is 25.7 Å². The van der Waals surface area contributed by atoms with Crippen LogP contribution in [0.2, 0.25) is 0 Å². The topological polar surface area (TPSA) is 55.8 Å². The van der Waals surface area contributed by atoms with Crippen LogP contribution in [0.1, 0.15) is 45.4 Å². The molecule has 0 bridgehead atoms. The van der Waals surface area contributed by atoms with Crippen molar-refractivity contribution < 1.29 is 19.4 Å². The molecular weight excluding hydrogens is 304 g/mol. The van der Waals surface area contributed by atoms with Crippen molar-refractivity contribution >= 4 is 6.16 Å². The van der Waals surface area contributed by atoms with E-state index in [4.69, 9.17) is 9.47 Å². The van der Waals surface area contributed by atoms with E-state index in [2.05, 4.69) is 19.1 Å². The molecule has 3 fully saturated rings. The lowest BCUT2D eigenvalue weighted by Gasteiger charge is -2.52.